The average Bonchev–Trinajstić information content (AvgIpc) is 2.80. The molecular formula is C26H32N2O3. The number of benzene rings is 2. The van der Waals surface area contributed by atoms with Gasteiger partial charge in [-0.1, -0.05) is 42.7 Å². The molecule has 0 saturated carbocycles. The highest BCUT2D eigenvalue weighted by atomic mass is 16.3. The van der Waals surface area contributed by atoms with E-state index >= 15 is 0 Å². The van der Waals surface area contributed by atoms with Crippen molar-refractivity contribution >= 4 is 5.91 Å². The lowest BCUT2D eigenvalue weighted by atomic mass is 9.90. The van der Waals surface area contributed by atoms with Crippen LogP contribution in [-0.2, 0) is 17.8 Å². The minimum atomic E-state index is 0.0538. The number of nitrogens with zero attached hydrogens (tertiary/aromatic N) is 1. The Bertz CT molecular complexity index is 872. The van der Waals surface area contributed by atoms with Crippen LogP contribution in [0.3, 0.4) is 0 Å². The molecule has 2 aromatic carbocycles. The first-order valence-corrected chi connectivity index (χ1v) is 10.6. The highest BCUT2D eigenvalue weighted by Crippen LogP contribution is 2.22. The van der Waals surface area contributed by atoms with Crippen LogP contribution in [0, 0.1) is 17.8 Å². The predicted octanol–water partition coefficient (Wildman–Crippen LogP) is 3.40. The quantitative estimate of drug-likeness (QED) is 0.511. The van der Waals surface area contributed by atoms with E-state index in [1.807, 2.05) is 29.2 Å². The number of rotatable bonds is 5. The summed E-state index contributed by atoms with van der Waals surface area (Å²) in [5.74, 6) is 7.17. The van der Waals surface area contributed by atoms with E-state index < -0.39 is 0 Å². The molecule has 31 heavy (non-hydrogen) atoms. The van der Waals surface area contributed by atoms with Gasteiger partial charge in [0, 0.05) is 37.2 Å². The maximum absolute atomic E-state index is 11.9. The number of carbonyl (C=O) groups is 1. The molecule has 1 amide bonds. The van der Waals surface area contributed by atoms with Crippen molar-refractivity contribution in [3.05, 3.63) is 83.6 Å². The summed E-state index contributed by atoms with van der Waals surface area (Å²) >= 11 is 0. The van der Waals surface area contributed by atoms with Crippen LogP contribution in [-0.4, -0.2) is 40.7 Å². The van der Waals surface area contributed by atoms with Crippen molar-refractivity contribution in [3.8, 4) is 11.8 Å². The topological polar surface area (TPSA) is 86.8 Å². The number of hydrogen-bond donors (Lipinski definition) is 3. The van der Waals surface area contributed by atoms with E-state index in [0.29, 0.717) is 18.9 Å². The molecule has 0 aromatic heterocycles. The lowest BCUT2D eigenvalue weighted by Gasteiger charge is -2.32. The third-order valence-corrected chi connectivity index (χ3v) is 5.29. The molecule has 1 saturated heterocycles. The van der Waals surface area contributed by atoms with Gasteiger partial charge >= 0.3 is 0 Å². The summed E-state index contributed by atoms with van der Waals surface area (Å²) in [5, 5.41) is 16.4. The summed E-state index contributed by atoms with van der Waals surface area (Å²) in [7, 11) is 0. The van der Waals surface area contributed by atoms with Crippen LogP contribution in [0.5, 0.6) is 0 Å². The van der Waals surface area contributed by atoms with Crippen molar-refractivity contribution in [1.29, 1.82) is 0 Å². The minimum Gasteiger partial charge on any atom is -0.516 e. The second-order valence-electron chi connectivity index (χ2n) is 7.55. The maximum atomic E-state index is 11.9. The van der Waals surface area contributed by atoms with Gasteiger partial charge in [0.1, 0.15) is 0 Å². The lowest BCUT2D eigenvalue weighted by molar-refractivity contribution is -0.132. The average molecular weight is 421 g/mol. The molecule has 5 nitrogen and oxygen atoms in total. The Morgan fingerprint density at radius 1 is 1.03 bits per heavy atom. The number of nitrogens with two attached hydrogens (primary N) is 1. The molecule has 1 heterocycles. The van der Waals surface area contributed by atoms with Crippen molar-refractivity contribution < 1.29 is 15.0 Å². The van der Waals surface area contributed by atoms with E-state index in [2.05, 4.69) is 42.7 Å². The summed E-state index contributed by atoms with van der Waals surface area (Å²) in [4.78, 5) is 13.9. The van der Waals surface area contributed by atoms with Gasteiger partial charge in [-0.15, -0.1) is 0 Å². The Balaban J connectivity index is 0.00000107. The largest absolute Gasteiger partial charge is 0.516 e. The Kier molecular flexibility index (Phi) is 10.4. The summed E-state index contributed by atoms with van der Waals surface area (Å²) in [6.07, 6.45) is 4.37. The molecule has 4 N–H and O–H groups in total. The fourth-order valence-electron chi connectivity index (χ4n) is 3.56. The zero-order valence-electron chi connectivity index (χ0n) is 18.0. The van der Waals surface area contributed by atoms with Crippen LogP contribution in [0.25, 0.3) is 0 Å². The zero-order chi connectivity index (χ0) is 22.5. The maximum Gasteiger partial charge on any atom is 0.223 e. The van der Waals surface area contributed by atoms with Crippen LogP contribution in [0.15, 0.2) is 61.4 Å². The first-order valence-electron chi connectivity index (χ1n) is 10.6. The number of aliphatic hydroxyl groups excluding tert-OH is 2. The van der Waals surface area contributed by atoms with Gasteiger partial charge < -0.3 is 20.8 Å². The van der Waals surface area contributed by atoms with Crippen LogP contribution < -0.4 is 5.73 Å². The molecule has 2 aromatic rings. The molecule has 0 aliphatic carbocycles. The van der Waals surface area contributed by atoms with Crippen LogP contribution in [0.4, 0.5) is 0 Å². The standard InChI is InChI=1S/C24H28N2O2.C2H4O/c25-14-11-24(28)26-15-12-22(13-16-26)17-21-7-3-19(4-8-21)1-2-20-5-9-23(18-27)10-6-20;1-2-3/h3-10,22,27H,11-18,25H2;2-3H,1H2. The molecule has 0 bridgehead atoms. The fraction of sp³-hybridized carbons (Fsp3) is 0.346. The molecule has 0 radical (unpaired) electrons. The second kappa shape index (κ2) is 13.3. The molecule has 1 aliphatic heterocycles. The molecule has 3 rings (SSSR count). The van der Waals surface area contributed by atoms with Gasteiger partial charge in [-0.3, -0.25) is 4.79 Å². The number of likely N-dealkylation sites (tertiary alicyclic amines) is 1. The molecule has 0 atom stereocenters. The first kappa shape index (κ1) is 24.2. The summed E-state index contributed by atoms with van der Waals surface area (Å²) in [6, 6.07) is 16.1. The fourth-order valence-corrected chi connectivity index (χ4v) is 3.56. The van der Waals surface area contributed by atoms with Gasteiger partial charge in [0.15, 0.2) is 0 Å². The third kappa shape index (κ3) is 8.29. The monoisotopic (exact) mass is 420 g/mol. The third-order valence-electron chi connectivity index (χ3n) is 5.29. The van der Waals surface area contributed by atoms with Gasteiger partial charge in [0.2, 0.25) is 5.91 Å². The number of amides is 1. The highest BCUT2D eigenvalue weighted by molar-refractivity contribution is 5.76. The Morgan fingerprint density at radius 3 is 1.97 bits per heavy atom. The van der Waals surface area contributed by atoms with E-state index in [0.717, 1.165) is 55.3 Å². The summed E-state index contributed by atoms with van der Waals surface area (Å²) in [5.41, 5.74) is 9.63. The van der Waals surface area contributed by atoms with Crippen LogP contribution in [0.1, 0.15) is 41.5 Å². The molecule has 1 fully saturated rings. The Labute approximate surface area is 185 Å². The van der Waals surface area contributed by atoms with E-state index in [1.54, 1.807) is 0 Å². The lowest BCUT2D eigenvalue weighted by Crippen LogP contribution is -2.39. The zero-order valence-corrected chi connectivity index (χ0v) is 18.0. The smallest absolute Gasteiger partial charge is 0.223 e. The van der Waals surface area contributed by atoms with Crippen LogP contribution >= 0.6 is 0 Å². The molecule has 164 valence electrons. The van der Waals surface area contributed by atoms with Gasteiger partial charge in [-0.05, 0) is 60.6 Å². The van der Waals surface area contributed by atoms with E-state index in [-0.39, 0.29) is 12.5 Å². The summed E-state index contributed by atoms with van der Waals surface area (Å²) < 4.78 is 0. The SMILES string of the molecule is C=CO.NCCC(=O)N1CCC(Cc2ccc(C#Cc3ccc(CO)cc3)cc2)CC1. The van der Waals surface area contributed by atoms with Gasteiger partial charge in [-0.2, -0.15) is 0 Å². The van der Waals surface area contributed by atoms with Crippen molar-refractivity contribution in [2.24, 2.45) is 11.7 Å². The van der Waals surface area contributed by atoms with Crippen molar-refractivity contribution in [3.63, 3.8) is 0 Å². The molecule has 0 unspecified atom stereocenters. The van der Waals surface area contributed by atoms with Gasteiger partial charge in [0.25, 0.3) is 0 Å². The molecular weight excluding hydrogens is 388 g/mol. The number of hydrogen-bond acceptors (Lipinski definition) is 4. The first-order chi connectivity index (χ1) is 15.1. The molecule has 1 aliphatic rings. The van der Waals surface area contributed by atoms with E-state index in [9.17, 15) is 4.79 Å². The Morgan fingerprint density at radius 2 is 1.52 bits per heavy atom. The highest BCUT2D eigenvalue weighted by Gasteiger charge is 2.22. The van der Waals surface area contributed by atoms with Crippen molar-refractivity contribution in [2.45, 2.75) is 32.3 Å². The predicted molar refractivity (Wildman–Crippen MR) is 124 cm³/mol. The minimum absolute atomic E-state index is 0.0538. The number of piperidine rings is 1. The van der Waals surface area contributed by atoms with E-state index in [1.165, 1.54) is 5.56 Å². The van der Waals surface area contributed by atoms with Gasteiger partial charge in [-0.25, -0.2) is 0 Å². The summed E-state index contributed by atoms with van der Waals surface area (Å²) in [6.45, 7) is 5.10. The number of aliphatic hydroxyl groups is 2. The normalized spacial score (nSPS) is 13.4. The Hall–Kier alpha value is -3.07. The van der Waals surface area contributed by atoms with Crippen molar-refractivity contribution in [1.82, 2.24) is 4.90 Å². The second-order valence-corrected chi connectivity index (χ2v) is 7.55. The van der Waals surface area contributed by atoms with Crippen LogP contribution in [0.2, 0.25) is 0 Å². The molecule has 0 spiro atoms. The van der Waals surface area contributed by atoms with E-state index in [4.69, 9.17) is 15.9 Å². The number of carbonyl (C=O) groups excluding carboxylic acids is 1. The molecule has 5 heteroatoms. The van der Waals surface area contributed by atoms with Gasteiger partial charge in [0.05, 0.1) is 12.9 Å². The van der Waals surface area contributed by atoms with Crippen molar-refractivity contribution in [2.75, 3.05) is 19.6 Å².